The van der Waals surface area contributed by atoms with Crippen molar-refractivity contribution in [1.29, 1.82) is 0 Å². The van der Waals surface area contributed by atoms with E-state index in [4.69, 9.17) is 4.74 Å². The van der Waals surface area contributed by atoms with Gasteiger partial charge >= 0.3 is 0 Å². The van der Waals surface area contributed by atoms with Crippen molar-refractivity contribution in [2.45, 2.75) is 25.3 Å². The molecule has 0 spiro atoms. The molecule has 1 aliphatic carbocycles. The molecule has 2 heteroatoms. The van der Waals surface area contributed by atoms with E-state index in [0.29, 0.717) is 12.0 Å². The molecule has 2 aromatic carbocycles. The monoisotopic (exact) mass is 267 g/mol. The van der Waals surface area contributed by atoms with Crippen molar-refractivity contribution >= 4 is 0 Å². The number of nitrogens with one attached hydrogen (secondary N) is 1. The lowest BCUT2D eigenvalue weighted by Crippen LogP contribution is -2.23. The standard InChI is InChI=1S/C18H21NO/c1-13(19-2)14-7-5-8-17(11-14)20-12-16-10-15-6-3-4-9-18(15)16/h3-9,11,13,16,19H,10,12H2,1-2H3. The second-order valence-electron chi connectivity index (χ2n) is 5.49. The molecule has 1 aliphatic rings. The molecule has 1 N–H and O–H groups in total. The summed E-state index contributed by atoms with van der Waals surface area (Å²) in [6, 6.07) is 17.4. The zero-order valence-electron chi connectivity index (χ0n) is 12.1. The molecular weight excluding hydrogens is 246 g/mol. The second-order valence-corrected chi connectivity index (χ2v) is 5.49. The van der Waals surface area contributed by atoms with Crippen LogP contribution in [0.1, 0.15) is 35.6 Å². The largest absolute Gasteiger partial charge is 0.493 e. The lowest BCUT2D eigenvalue weighted by Gasteiger charge is -2.29. The van der Waals surface area contributed by atoms with Crippen molar-refractivity contribution in [2.75, 3.05) is 13.7 Å². The van der Waals surface area contributed by atoms with Gasteiger partial charge in [-0.05, 0) is 49.2 Å². The van der Waals surface area contributed by atoms with Crippen LogP contribution in [0.4, 0.5) is 0 Å². The Kier molecular flexibility index (Phi) is 3.75. The molecule has 0 saturated carbocycles. The van der Waals surface area contributed by atoms with Crippen LogP contribution in [-0.2, 0) is 6.42 Å². The van der Waals surface area contributed by atoms with Crippen LogP contribution in [-0.4, -0.2) is 13.7 Å². The van der Waals surface area contributed by atoms with E-state index in [1.54, 1.807) is 0 Å². The Labute approximate surface area is 120 Å². The van der Waals surface area contributed by atoms with Gasteiger partial charge in [-0.15, -0.1) is 0 Å². The maximum atomic E-state index is 5.97. The van der Waals surface area contributed by atoms with Crippen molar-refractivity contribution < 1.29 is 4.74 Å². The first kappa shape index (κ1) is 13.2. The topological polar surface area (TPSA) is 21.3 Å². The van der Waals surface area contributed by atoms with Crippen LogP contribution in [0.3, 0.4) is 0 Å². The minimum Gasteiger partial charge on any atom is -0.493 e. The highest BCUT2D eigenvalue weighted by atomic mass is 16.5. The van der Waals surface area contributed by atoms with Gasteiger partial charge in [-0.1, -0.05) is 36.4 Å². The number of rotatable bonds is 5. The van der Waals surface area contributed by atoms with E-state index in [-0.39, 0.29) is 0 Å². The van der Waals surface area contributed by atoms with Gasteiger partial charge in [0.2, 0.25) is 0 Å². The summed E-state index contributed by atoms with van der Waals surface area (Å²) in [5.74, 6) is 1.52. The highest BCUT2D eigenvalue weighted by Gasteiger charge is 2.25. The van der Waals surface area contributed by atoms with Gasteiger partial charge in [0.05, 0.1) is 6.61 Å². The van der Waals surface area contributed by atoms with Gasteiger partial charge in [-0.25, -0.2) is 0 Å². The first-order valence-corrected chi connectivity index (χ1v) is 7.25. The van der Waals surface area contributed by atoms with Gasteiger partial charge in [0, 0.05) is 12.0 Å². The average Bonchev–Trinajstić information content (AvgIpc) is 2.47. The SMILES string of the molecule is CNC(C)c1cccc(OCC2Cc3ccccc32)c1. The molecule has 2 atom stereocenters. The van der Waals surface area contributed by atoms with Crippen molar-refractivity contribution in [3.8, 4) is 5.75 Å². The minimum absolute atomic E-state index is 0.350. The summed E-state index contributed by atoms with van der Waals surface area (Å²) >= 11 is 0. The van der Waals surface area contributed by atoms with Crippen LogP contribution in [0.5, 0.6) is 5.75 Å². The molecule has 0 aliphatic heterocycles. The second kappa shape index (κ2) is 5.68. The van der Waals surface area contributed by atoms with Crippen molar-refractivity contribution in [1.82, 2.24) is 5.32 Å². The molecule has 2 unspecified atom stereocenters. The molecule has 0 bridgehead atoms. The number of fused-ring (bicyclic) bond motifs is 1. The third kappa shape index (κ3) is 2.56. The maximum absolute atomic E-state index is 5.97. The minimum atomic E-state index is 0.350. The van der Waals surface area contributed by atoms with Gasteiger partial charge in [0.25, 0.3) is 0 Å². The maximum Gasteiger partial charge on any atom is 0.119 e. The Hall–Kier alpha value is -1.80. The molecular formula is C18H21NO. The highest BCUT2D eigenvalue weighted by Crippen LogP contribution is 2.35. The number of benzene rings is 2. The fourth-order valence-electron chi connectivity index (χ4n) is 2.75. The Bertz CT molecular complexity index is 593. The van der Waals surface area contributed by atoms with Gasteiger partial charge < -0.3 is 10.1 Å². The Morgan fingerprint density at radius 1 is 1.20 bits per heavy atom. The summed E-state index contributed by atoms with van der Waals surface area (Å²) < 4.78 is 5.97. The van der Waals surface area contributed by atoms with Crippen LogP contribution in [0.25, 0.3) is 0 Å². The molecule has 0 aromatic heterocycles. The van der Waals surface area contributed by atoms with E-state index in [1.807, 2.05) is 13.1 Å². The van der Waals surface area contributed by atoms with Gasteiger partial charge in [-0.3, -0.25) is 0 Å². The van der Waals surface area contributed by atoms with Gasteiger partial charge in [-0.2, -0.15) is 0 Å². The van der Waals surface area contributed by atoms with E-state index in [9.17, 15) is 0 Å². The van der Waals surface area contributed by atoms with Crippen LogP contribution < -0.4 is 10.1 Å². The molecule has 3 rings (SSSR count). The van der Waals surface area contributed by atoms with Crippen LogP contribution in [0.15, 0.2) is 48.5 Å². The van der Waals surface area contributed by atoms with E-state index < -0.39 is 0 Å². The molecule has 0 amide bonds. The van der Waals surface area contributed by atoms with Gasteiger partial charge in [0.15, 0.2) is 0 Å². The molecule has 2 nitrogen and oxygen atoms in total. The lowest BCUT2D eigenvalue weighted by molar-refractivity contribution is 0.275. The van der Waals surface area contributed by atoms with Crippen molar-refractivity contribution in [2.24, 2.45) is 0 Å². The van der Waals surface area contributed by atoms with Crippen molar-refractivity contribution in [3.05, 3.63) is 65.2 Å². The van der Waals surface area contributed by atoms with E-state index in [0.717, 1.165) is 18.8 Å². The summed E-state index contributed by atoms with van der Waals surface area (Å²) in [6.07, 6.45) is 1.14. The van der Waals surface area contributed by atoms with Crippen molar-refractivity contribution in [3.63, 3.8) is 0 Å². The van der Waals surface area contributed by atoms with Gasteiger partial charge in [0.1, 0.15) is 5.75 Å². The molecule has 20 heavy (non-hydrogen) atoms. The predicted octanol–water partition coefficient (Wildman–Crippen LogP) is 3.69. The number of ether oxygens (including phenoxy) is 1. The molecule has 104 valence electrons. The third-order valence-corrected chi connectivity index (χ3v) is 4.20. The van der Waals surface area contributed by atoms with Crippen LogP contribution in [0, 0.1) is 0 Å². The van der Waals surface area contributed by atoms with Crippen LogP contribution >= 0.6 is 0 Å². The summed E-state index contributed by atoms with van der Waals surface area (Å²) in [6.45, 7) is 2.93. The molecule has 2 aromatic rings. The lowest BCUT2D eigenvalue weighted by atomic mass is 9.78. The summed E-state index contributed by atoms with van der Waals surface area (Å²) in [5.41, 5.74) is 4.19. The first-order chi connectivity index (χ1) is 9.78. The zero-order valence-corrected chi connectivity index (χ0v) is 12.1. The molecule has 0 fully saturated rings. The third-order valence-electron chi connectivity index (χ3n) is 4.20. The number of hydrogen-bond donors (Lipinski definition) is 1. The fraction of sp³-hybridized carbons (Fsp3) is 0.333. The zero-order chi connectivity index (χ0) is 13.9. The summed E-state index contributed by atoms with van der Waals surface area (Å²) in [7, 11) is 1.98. The highest BCUT2D eigenvalue weighted by molar-refractivity contribution is 5.40. The van der Waals surface area contributed by atoms with E-state index in [2.05, 4.69) is 54.7 Å². The normalized spacial score (nSPS) is 18.0. The quantitative estimate of drug-likeness (QED) is 0.892. The fourth-order valence-corrected chi connectivity index (χ4v) is 2.75. The Balaban J connectivity index is 1.63. The average molecular weight is 267 g/mol. The molecule has 0 heterocycles. The van der Waals surface area contributed by atoms with E-state index >= 15 is 0 Å². The van der Waals surface area contributed by atoms with E-state index in [1.165, 1.54) is 16.7 Å². The summed E-state index contributed by atoms with van der Waals surface area (Å²) in [5, 5.41) is 3.25. The predicted molar refractivity (Wildman–Crippen MR) is 82.3 cm³/mol. The smallest absolute Gasteiger partial charge is 0.119 e. The first-order valence-electron chi connectivity index (χ1n) is 7.25. The molecule has 0 saturated heterocycles. The number of hydrogen-bond acceptors (Lipinski definition) is 2. The van der Waals surface area contributed by atoms with Crippen LogP contribution in [0.2, 0.25) is 0 Å². The molecule has 0 radical (unpaired) electrons. The Morgan fingerprint density at radius 2 is 2.05 bits per heavy atom. The summed E-state index contributed by atoms with van der Waals surface area (Å²) in [4.78, 5) is 0. The Morgan fingerprint density at radius 3 is 2.85 bits per heavy atom.